The summed E-state index contributed by atoms with van der Waals surface area (Å²) in [6, 6.07) is 4.67. The first kappa shape index (κ1) is 12.8. The first-order valence-corrected chi connectivity index (χ1v) is 5.65. The van der Waals surface area contributed by atoms with Crippen molar-refractivity contribution < 1.29 is 19.3 Å². The molecule has 19 heavy (non-hydrogen) atoms. The fourth-order valence-electron chi connectivity index (χ4n) is 1.52. The first-order chi connectivity index (χ1) is 9.16. The molecule has 3 N–H and O–H groups in total. The lowest BCUT2D eigenvalue weighted by Gasteiger charge is -2.06. The molecule has 100 valence electrons. The minimum Gasteiger partial charge on any atom is -0.481 e. The van der Waals surface area contributed by atoms with Crippen molar-refractivity contribution in [3.05, 3.63) is 18.2 Å². The average molecular weight is 264 g/mol. The summed E-state index contributed by atoms with van der Waals surface area (Å²) in [5.41, 5.74) is 1.49. The highest BCUT2D eigenvalue weighted by molar-refractivity contribution is 5.98. The van der Waals surface area contributed by atoms with Crippen LogP contribution in [0, 0.1) is 0 Å². The Morgan fingerprint density at radius 2 is 2.16 bits per heavy atom. The molecule has 0 saturated carbocycles. The van der Waals surface area contributed by atoms with Crippen LogP contribution in [0.1, 0.15) is 12.8 Å². The maximum Gasteiger partial charge on any atom is 0.319 e. The van der Waals surface area contributed by atoms with Gasteiger partial charge in [-0.3, -0.25) is 4.79 Å². The highest BCUT2D eigenvalue weighted by Crippen LogP contribution is 2.19. The fraction of sp³-hybridized carbons (Fsp3) is 0.273. The van der Waals surface area contributed by atoms with E-state index in [0.717, 1.165) is 0 Å². The van der Waals surface area contributed by atoms with Gasteiger partial charge in [-0.1, -0.05) is 6.07 Å². The number of carboxylic acid groups (broad SMARTS) is 1. The number of aromatic nitrogens is 2. The number of nitrogens with one attached hydrogen (secondary N) is 2. The van der Waals surface area contributed by atoms with Gasteiger partial charge in [0.2, 0.25) is 0 Å². The Hall–Kier alpha value is -2.64. The van der Waals surface area contributed by atoms with Crippen molar-refractivity contribution >= 4 is 28.7 Å². The second-order valence-electron chi connectivity index (χ2n) is 3.82. The minimum absolute atomic E-state index is 0.0169. The van der Waals surface area contributed by atoms with Gasteiger partial charge in [0.05, 0.1) is 5.69 Å². The van der Waals surface area contributed by atoms with E-state index in [4.69, 9.17) is 5.11 Å². The van der Waals surface area contributed by atoms with Crippen LogP contribution in [0.15, 0.2) is 22.8 Å². The van der Waals surface area contributed by atoms with Gasteiger partial charge in [-0.15, -0.1) is 0 Å². The van der Waals surface area contributed by atoms with Gasteiger partial charge in [0.1, 0.15) is 5.52 Å². The largest absolute Gasteiger partial charge is 0.481 e. The Morgan fingerprint density at radius 3 is 2.95 bits per heavy atom. The van der Waals surface area contributed by atoms with E-state index in [2.05, 4.69) is 25.6 Å². The molecular formula is C11H12N4O4. The summed E-state index contributed by atoms with van der Waals surface area (Å²) in [7, 11) is 0. The SMILES string of the molecule is O=C(O)CCCNC(=O)Nc1cccc2nonc12. The van der Waals surface area contributed by atoms with Gasteiger partial charge in [0.25, 0.3) is 0 Å². The summed E-state index contributed by atoms with van der Waals surface area (Å²) in [4.78, 5) is 21.9. The number of urea groups is 1. The third-order valence-electron chi connectivity index (χ3n) is 2.39. The van der Waals surface area contributed by atoms with Crippen LogP contribution in [0.25, 0.3) is 11.0 Å². The predicted molar refractivity (Wildman–Crippen MR) is 65.7 cm³/mol. The Kier molecular flexibility index (Phi) is 3.91. The number of benzene rings is 1. The Morgan fingerprint density at radius 1 is 1.32 bits per heavy atom. The maximum atomic E-state index is 11.6. The first-order valence-electron chi connectivity index (χ1n) is 5.65. The summed E-state index contributed by atoms with van der Waals surface area (Å²) in [6.07, 6.45) is 0.390. The van der Waals surface area contributed by atoms with Crippen molar-refractivity contribution in [2.75, 3.05) is 11.9 Å². The number of anilines is 1. The van der Waals surface area contributed by atoms with Crippen LogP contribution in [-0.4, -0.2) is 34.0 Å². The van der Waals surface area contributed by atoms with Gasteiger partial charge in [-0.25, -0.2) is 9.42 Å². The highest BCUT2D eigenvalue weighted by atomic mass is 16.6. The monoisotopic (exact) mass is 264 g/mol. The van der Waals surface area contributed by atoms with E-state index in [1.165, 1.54) is 0 Å². The average Bonchev–Trinajstić information content (AvgIpc) is 2.84. The van der Waals surface area contributed by atoms with Crippen molar-refractivity contribution in [2.45, 2.75) is 12.8 Å². The molecule has 0 aliphatic rings. The van der Waals surface area contributed by atoms with Gasteiger partial charge in [-0.05, 0) is 28.9 Å². The summed E-state index contributed by atoms with van der Waals surface area (Å²) >= 11 is 0. The Bertz CT molecular complexity index is 595. The Balaban J connectivity index is 1.88. The molecule has 0 spiro atoms. The molecule has 1 aromatic carbocycles. The number of hydrogen-bond donors (Lipinski definition) is 3. The van der Waals surface area contributed by atoms with Gasteiger partial charge >= 0.3 is 12.0 Å². The number of hydrogen-bond acceptors (Lipinski definition) is 5. The molecule has 2 aromatic rings. The molecule has 1 heterocycles. The van der Waals surface area contributed by atoms with Crippen molar-refractivity contribution in [1.29, 1.82) is 0 Å². The number of carboxylic acids is 1. The lowest BCUT2D eigenvalue weighted by atomic mass is 10.2. The van der Waals surface area contributed by atoms with E-state index in [0.29, 0.717) is 23.1 Å². The molecule has 0 atom stereocenters. The highest BCUT2D eigenvalue weighted by Gasteiger charge is 2.09. The molecule has 8 nitrogen and oxygen atoms in total. The van der Waals surface area contributed by atoms with E-state index in [1.807, 2.05) is 0 Å². The number of rotatable bonds is 5. The molecule has 8 heteroatoms. The zero-order valence-corrected chi connectivity index (χ0v) is 9.92. The number of aliphatic carboxylic acids is 1. The molecule has 0 fully saturated rings. The number of fused-ring (bicyclic) bond motifs is 1. The zero-order valence-electron chi connectivity index (χ0n) is 9.92. The van der Waals surface area contributed by atoms with E-state index < -0.39 is 12.0 Å². The van der Waals surface area contributed by atoms with Gasteiger partial charge < -0.3 is 15.7 Å². The lowest BCUT2D eigenvalue weighted by molar-refractivity contribution is -0.137. The number of nitrogens with zero attached hydrogens (tertiary/aromatic N) is 2. The molecule has 0 saturated heterocycles. The summed E-state index contributed by atoms with van der Waals surface area (Å²) < 4.78 is 4.58. The van der Waals surface area contributed by atoms with E-state index in [1.54, 1.807) is 18.2 Å². The third kappa shape index (κ3) is 3.41. The van der Waals surface area contributed by atoms with Gasteiger partial charge in [-0.2, -0.15) is 0 Å². The standard InChI is InChI=1S/C11H12N4O4/c16-9(17)5-2-6-12-11(18)13-7-3-1-4-8-10(7)15-19-14-8/h1,3-4H,2,5-6H2,(H,16,17)(H2,12,13,18). The molecule has 2 rings (SSSR count). The van der Waals surface area contributed by atoms with Gasteiger partial charge in [0.15, 0.2) is 5.52 Å². The number of carbonyl (C=O) groups is 2. The van der Waals surface area contributed by atoms with Crippen LogP contribution >= 0.6 is 0 Å². The van der Waals surface area contributed by atoms with Crippen molar-refractivity contribution in [3.8, 4) is 0 Å². The Labute approximate surface area is 107 Å². The van der Waals surface area contributed by atoms with Gasteiger partial charge in [0, 0.05) is 13.0 Å². The molecule has 0 bridgehead atoms. The van der Waals surface area contributed by atoms with Crippen LogP contribution in [0.4, 0.5) is 10.5 Å². The van der Waals surface area contributed by atoms with Crippen LogP contribution in [-0.2, 0) is 4.79 Å². The summed E-state index contributed by atoms with van der Waals surface area (Å²) in [6.45, 7) is 0.283. The van der Waals surface area contributed by atoms with E-state index >= 15 is 0 Å². The van der Waals surface area contributed by atoms with Crippen molar-refractivity contribution in [2.24, 2.45) is 0 Å². The van der Waals surface area contributed by atoms with E-state index in [-0.39, 0.29) is 13.0 Å². The quantitative estimate of drug-likeness (QED) is 0.698. The number of carbonyl (C=O) groups excluding carboxylic acids is 1. The molecule has 0 aliphatic carbocycles. The van der Waals surface area contributed by atoms with Crippen LogP contribution < -0.4 is 10.6 Å². The van der Waals surface area contributed by atoms with Crippen molar-refractivity contribution in [3.63, 3.8) is 0 Å². The smallest absolute Gasteiger partial charge is 0.319 e. The lowest BCUT2D eigenvalue weighted by Crippen LogP contribution is -2.29. The van der Waals surface area contributed by atoms with Crippen LogP contribution in [0.5, 0.6) is 0 Å². The van der Waals surface area contributed by atoms with E-state index in [9.17, 15) is 9.59 Å². The van der Waals surface area contributed by atoms with Crippen LogP contribution in [0.3, 0.4) is 0 Å². The fourth-order valence-corrected chi connectivity index (χ4v) is 1.52. The molecular weight excluding hydrogens is 252 g/mol. The van der Waals surface area contributed by atoms with Crippen molar-refractivity contribution in [1.82, 2.24) is 15.6 Å². The topological polar surface area (TPSA) is 117 Å². The third-order valence-corrected chi connectivity index (χ3v) is 2.39. The normalized spacial score (nSPS) is 10.3. The zero-order chi connectivity index (χ0) is 13.7. The number of amides is 2. The maximum absolute atomic E-state index is 11.6. The molecule has 0 unspecified atom stereocenters. The molecule has 2 amide bonds. The molecule has 0 radical (unpaired) electrons. The second-order valence-corrected chi connectivity index (χ2v) is 3.82. The summed E-state index contributed by atoms with van der Waals surface area (Å²) in [5.74, 6) is -0.888. The predicted octanol–water partition coefficient (Wildman–Crippen LogP) is 1.21. The van der Waals surface area contributed by atoms with Crippen LogP contribution in [0.2, 0.25) is 0 Å². The summed E-state index contributed by atoms with van der Waals surface area (Å²) in [5, 5.41) is 20.9. The molecule has 1 aromatic heterocycles. The molecule has 0 aliphatic heterocycles. The second kappa shape index (κ2) is 5.80. The minimum atomic E-state index is -0.888.